The van der Waals surface area contributed by atoms with Gasteiger partial charge in [-0.25, -0.2) is 4.98 Å². The molecule has 1 heterocycles. The zero-order chi connectivity index (χ0) is 13.7. The highest BCUT2D eigenvalue weighted by atomic mass is 16.6. The number of hydrogen-bond donors (Lipinski definition) is 2. The van der Waals surface area contributed by atoms with Gasteiger partial charge in [-0.3, -0.25) is 10.1 Å². The van der Waals surface area contributed by atoms with Crippen molar-refractivity contribution in [2.75, 3.05) is 18.5 Å². The summed E-state index contributed by atoms with van der Waals surface area (Å²) in [5.74, 6) is 0.279. The third kappa shape index (κ3) is 3.17. The average Bonchev–Trinajstić information content (AvgIpc) is 2.42. The summed E-state index contributed by atoms with van der Waals surface area (Å²) in [6.45, 7) is 0.668. The Kier molecular flexibility index (Phi) is 4.25. The van der Waals surface area contributed by atoms with Gasteiger partial charge >= 0.3 is 5.69 Å². The summed E-state index contributed by atoms with van der Waals surface area (Å²) in [6, 6.07) is 8.80. The lowest BCUT2D eigenvalue weighted by molar-refractivity contribution is -0.384. The van der Waals surface area contributed by atoms with Crippen LogP contribution in [0.3, 0.4) is 0 Å². The molecular weight excluding hydrogens is 246 g/mol. The molecule has 0 amide bonds. The summed E-state index contributed by atoms with van der Waals surface area (Å²) in [5.41, 5.74) is 0.695. The summed E-state index contributed by atoms with van der Waals surface area (Å²) >= 11 is 0. The first-order valence-electron chi connectivity index (χ1n) is 6.11. The molecule has 19 heavy (non-hydrogen) atoms. The number of pyridine rings is 1. The van der Waals surface area contributed by atoms with Crippen LogP contribution < -0.4 is 5.32 Å². The number of nitrogens with one attached hydrogen (secondary N) is 1. The zero-order valence-corrected chi connectivity index (χ0v) is 10.4. The summed E-state index contributed by atoms with van der Waals surface area (Å²) < 4.78 is 0. The van der Waals surface area contributed by atoms with E-state index in [-0.39, 0.29) is 18.1 Å². The first-order chi connectivity index (χ1) is 9.22. The van der Waals surface area contributed by atoms with Crippen molar-refractivity contribution in [3.8, 4) is 0 Å². The van der Waals surface area contributed by atoms with Gasteiger partial charge in [-0.15, -0.1) is 0 Å². The summed E-state index contributed by atoms with van der Waals surface area (Å²) in [5, 5.41) is 23.4. The van der Waals surface area contributed by atoms with E-state index < -0.39 is 4.92 Å². The molecule has 2 N–H and O–H groups in total. The number of aliphatic hydroxyl groups is 1. The topological polar surface area (TPSA) is 88.3 Å². The maximum atomic E-state index is 11.0. The van der Waals surface area contributed by atoms with E-state index in [1.54, 1.807) is 6.07 Å². The van der Waals surface area contributed by atoms with Crippen molar-refractivity contribution in [1.82, 2.24) is 4.98 Å². The molecule has 0 atom stereocenters. The number of nitro groups is 1. The van der Waals surface area contributed by atoms with E-state index in [0.29, 0.717) is 13.0 Å². The Morgan fingerprint density at radius 1 is 1.32 bits per heavy atom. The lowest BCUT2D eigenvalue weighted by Gasteiger charge is -2.07. The molecule has 1 aromatic carbocycles. The SMILES string of the molecule is O=[N+]([O-])c1cc2ccccc2nc1NCCCCO. The van der Waals surface area contributed by atoms with Gasteiger partial charge in [-0.05, 0) is 18.9 Å². The first-order valence-corrected chi connectivity index (χ1v) is 6.11. The van der Waals surface area contributed by atoms with Gasteiger partial charge < -0.3 is 10.4 Å². The van der Waals surface area contributed by atoms with Crippen LogP contribution >= 0.6 is 0 Å². The van der Waals surface area contributed by atoms with Crippen LogP contribution in [0, 0.1) is 10.1 Å². The van der Waals surface area contributed by atoms with Crippen LogP contribution in [0.5, 0.6) is 0 Å². The number of hydrogen-bond acceptors (Lipinski definition) is 5. The largest absolute Gasteiger partial charge is 0.396 e. The second-order valence-electron chi connectivity index (χ2n) is 4.16. The fourth-order valence-corrected chi connectivity index (χ4v) is 1.82. The lowest BCUT2D eigenvalue weighted by atomic mass is 10.2. The third-order valence-electron chi connectivity index (χ3n) is 2.78. The van der Waals surface area contributed by atoms with Crippen molar-refractivity contribution in [1.29, 1.82) is 0 Å². The number of benzene rings is 1. The Balaban J connectivity index is 2.28. The third-order valence-corrected chi connectivity index (χ3v) is 2.78. The van der Waals surface area contributed by atoms with Gasteiger partial charge in [0, 0.05) is 24.6 Å². The molecule has 100 valence electrons. The zero-order valence-electron chi connectivity index (χ0n) is 10.4. The number of rotatable bonds is 6. The predicted octanol–water partition coefficient (Wildman–Crippen LogP) is 2.33. The molecule has 0 spiro atoms. The molecule has 6 heteroatoms. The van der Waals surface area contributed by atoms with Crippen LogP contribution in [0.1, 0.15) is 12.8 Å². The molecule has 0 radical (unpaired) electrons. The maximum absolute atomic E-state index is 11.0. The van der Waals surface area contributed by atoms with Crippen molar-refractivity contribution in [2.45, 2.75) is 12.8 Å². The molecule has 1 aromatic heterocycles. The number of para-hydroxylation sites is 1. The van der Waals surface area contributed by atoms with Crippen LogP contribution in [0.4, 0.5) is 11.5 Å². The standard InChI is InChI=1S/C13H15N3O3/c17-8-4-3-7-14-13-12(16(18)19)9-10-5-1-2-6-11(10)15-13/h1-2,5-6,9,17H,3-4,7-8H2,(H,14,15). The fourth-order valence-electron chi connectivity index (χ4n) is 1.82. The fraction of sp³-hybridized carbons (Fsp3) is 0.308. The molecule has 2 rings (SSSR count). The van der Waals surface area contributed by atoms with Gasteiger partial charge in [0.1, 0.15) is 0 Å². The van der Waals surface area contributed by atoms with Crippen molar-refractivity contribution in [3.05, 3.63) is 40.4 Å². The Hall–Kier alpha value is -2.21. The highest BCUT2D eigenvalue weighted by Crippen LogP contribution is 2.26. The molecule has 0 bridgehead atoms. The van der Waals surface area contributed by atoms with E-state index in [2.05, 4.69) is 10.3 Å². The van der Waals surface area contributed by atoms with Crippen LogP contribution in [0.25, 0.3) is 10.9 Å². The highest BCUT2D eigenvalue weighted by Gasteiger charge is 2.16. The summed E-state index contributed by atoms with van der Waals surface area (Å²) in [7, 11) is 0. The number of nitrogens with zero attached hydrogens (tertiary/aromatic N) is 2. The van der Waals surface area contributed by atoms with Crippen molar-refractivity contribution in [2.24, 2.45) is 0 Å². The van der Waals surface area contributed by atoms with E-state index in [1.807, 2.05) is 18.2 Å². The van der Waals surface area contributed by atoms with Gasteiger partial charge in [-0.2, -0.15) is 0 Å². The lowest BCUT2D eigenvalue weighted by Crippen LogP contribution is -2.07. The average molecular weight is 261 g/mol. The molecule has 0 saturated carbocycles. The number of unbranched alkanes of at least 4 members (excludes halogenated alkanes) is 1. The number of anilines is 1. The minimum absolute atomic E-state index is 0.0253. The van der Waals surface area contributed by atoms with Crippen molar-refractivity contribution in [3.63, 3.8) is 0 Å². The van der Waals surface area contributed by atoms with Crippen LogP contribution in [0.15, 0.2) is 30.3 Å². The smallest absolute Gasteiger partial charge is 0.312 e. The van der Waals surface area contributed by atoms with Crippen molar-refractivity contribution >= 4 is 22.4 Å². The molecule has 0 fully saturated rings. The Morgan fingerprint density at radius 2 is 2.11 bits per heavy atom. The van der Waals surface area contributed by atoms with Crippen LogP contribution in [0.2, 0.25) is 0 Å². The molecule has 0 aliphatic carbocycles. The Morgan fingerprint density at radius 3 is 2.84 bits per heavy atom. The normalized spacial score (nSPS) is 10.6. The van der Waals surface area contributed by atoms with E-state index in [1.165, 1.54) is 6.07 Å². The second-order valence-corrected chi connectivity index (χ2v) is 4.16. The summed E-state index contributed by atoms with van der Waals surface area (Å²) in [6.07, 6.45) is 1.40. The van der Waals surface area contributed by atoms with Gasteiger partial charge in [0.05, 0.1) is 10.4 Å². The second kappa shape index (κ2) is 6.10. The Labute approximate surface area is 110 Å². The maximum Gasteiger partial charge on any atom is 0.312 e. The van der Waals surface area contributed by atoms with E-state index in [0.717, 1.165) is 17.3 Å². The van der Waals surface area contributed by atoms with Gasteiger partial charge in [-0.1, -0.05) is 18.2 Å². The minimum atomic E-state index is -0.437. The molecule has 0 unspecified atom stereocenters. The number of aliphatic hydroxyl groups excluding tert-OH is 1. The molecule has 0 aliphatic rings. The highest BCUT2D eigenvalue weighted by molar-refractivity contribution is 5.84. The molecule has 6 nitrogen and oxygen atoms in total. The summed E-state index contributed by atoms with van der Waals surface area (Å²) in [4.78, 5) is 14.9. The Bertz CT molecular complexity index is 586. The number of fused-ring (bicyclic) bond motifs is 1. The molecular formula is C13H15N3O3. The van der Waals surface area contributed by atoms with E-state index in [9.17, 15) is 10.1 Å². The molecule has 0 aliphatic heterocycles. The molecule has 0 saturated heterocycles. The van der Waals surface area contributed by atoms with E-state index in [4.69, 9.17) is 5.11 Å². The van der Waals surface area contributed by atoms with Crippen LogP contribution in [-0.2, 0) is 0 Å². The predicted molar refractivity (Wildman–Crippen MR) is 73.2 cm³/mol. The van der Waals surface area contributed by atoms with Gasteiger partial charge in [0.15, 0.2) is 0 Å². The van der Waals surface area contributed by atoms with Crippen molar-refractivity contribution < 1.29 is 10.0 Å². The van der Waals surface area contributed by atoms with E-state index >= 15 is 0 Å². The molecule has 2 aromatic rings. The quantitative estimate of drug-likeness (QED) is 0.473. The van der Waals surface area contributed by atoms with Crippen LogP contribution in [-0.4, -0.2) is 28.2 Å². The number of aromatic nitrogens is 1. The van der Waals surface area contributed by atoms with Gasteiger partial charge in [0.2, 0.25) is 5.82 Å². The minimum Gasteiger partial charge on any atom is -0.396 e. The first kappa shape index (κ1) is 13.2. The monoisotopic (exact) mass is 261 g/mol. The van der Waals surface area contributed by atoms with Gasteiger partial charge in [0.25, 0.3) is 0 Å².